The highest BCUT2D eigenvalue weighted by Gasteiger charge is 2.28. The van der Waals surface area contributed by atoms with Crippen LogP contribution in [0.2, 0.25) is 0 Å². The molecule has 0 spiro atoms. The minimum absolute atomic E-state index is 0.0378. The molecule has 3 rings (SSSR count). The smallest absolute Gasteiger partial charge is 0.197 e. The zero-order valence-corrected chi connectivity index (χ0v) is 13.2. The zero-order valence-electron chi connectivity index (χ0n) is 13.2. The number of ether oxygens (including phenoxy) is 2. The molecule has 2 atom stereocenters. The number of pyridine rings is 1. The van der Waals surface area contributed by atoms with E-state index in [2.05, 4.69) is 10.3 Å². The topological polar surface area (TPSA) is 63.3 Å². The van der Waals surface area contributed by atoms with Gasteiger partial charge in [-0.1, -0.05) is 6.07 Å². The molecule has 1 aromatic carbocycles. The van der Waals surface area contributed by atoms with E-state index in [0.29, 0.717) is 6.61 Å². The van der Waals surface area contributed by atoms with Crippen LogP contribution in [0.4, 0.5) is 0 Å². The highest BCUT2D eigenvalue weighted by molar-refractivity contribution is 5.34. The van der Waals surface area contributed by atoms with E-state index < -0.39 is 0 Å². The summed E-state index contributed by atoms with van der Waals surface area (Å²) in [7, 11) is 0. The Morgan fingerprint density at radius 1 is 1.26 bits per heavy atom. The van der Waals surface area contributed by atoms with Gasteiger partial charge >= 0.3 is 0 Å². The maximum absolute atomic E-state index is 11.6. The second-order valence-electron chi connectivity index (χ2n) is 5.62. The first kappa shape index (κ1) is 15.6. The van der Waals surface area contributed by atoms with E-state index in [9.17, 15) is 5.11 Å². The Balaban J connectivity index is 1.78. The maximum atomic E-state index is 11.6. The van der Waals surface area contributed by atoms with Crippen molar-refractivity contribution in [1.29, 1.82) is 0 Å². The largest absolute Gasteiger partial charge is 0.494 e. The first-order valence-corrected chi connectivity index (χ1v) is 7.98. The third-order valence-corrected chi connectivity index (χ3v) is 3.99. The number of piperidine rings is 1. The van der Waals surface area contributed by atoms with E-state index in [0.717, 1.165) is 36.6 Å². The summed E-state index contributed by atoms with van der Waals surface area (Å²) < 4.78 is 11.7. The first-order valence-electron chi connectivity index (χ1n) is 7.98. The number of rotatable bonds is 5. The predicted molar refractivity (Wildman–Crippen MR) is 86.6 cm³/mol. The third-order valence-electron chi connectivity index (χ3n) is 3.99. The molecule has 23 heavy (non-hydrogen) atoms. The lowest BCUT2D eigenvalue weighted by molar-refractivity contribution is 0.141. The van der Waals surface area contributed by atoms with Gasteiger partial charge in [-0.3, -0.25) is 10.1 Å². The molecule has 1 aliphatic rings. The molecule has 0 amide bonds. The number of aromatic nitrogens is 1. The highest BCUT2D eigenvalue weighted by atomic mass is 16.5. The van der Waals surface area contributed by atoms with E-state index in [1.54, 1.807) is 12.3 Å². The molecule has 1 saturated heterocycles. The number of hydrogen-bond donors (Lipinski definition) is 1. The Labute approximate surface area is 136 Å². The van der Waals surface area contributed by atoms with E-state index in [1.165, 1.54) is 6.20 Å². The van der Waals surface area contributed by atoms with Crippen molar-refractivity contribution in [1.82, 2.24) is 10.3 Å². The average molecular weight is 313 g/mol. The normalized spacial score (nSPS) is 20.9. The lowest BCUT2D eigenvalue weighted by Gasteiger charge is -2.32. The minimum atomic E-state index is -0.0573. The van der Waals surface area contributed by atoms with Crippen molar-refractivity contribution >= 4 is 0 Å². The molecule has 1 N–H and O–H groups in total. The van der Waals surface area contributed by atoms with Gasteiger partial charge in [-0.25, -0.2) is 0 Å². The summed E-state index contributed by atoms with van der Waals surface area (Å²) in [6.07, 6.45) is 3.99. The molecule has 1 aliphatic heterocycles. The van der Waals surface area contributed by atoms with Gasteiger partial charge in [-0.15, -0.1) is 0 Å². The fraction of sp³-hybridized carbons (Fsp3) is 0.389. The molecule has 1 aromatic heterocycles. The van der Waals surface area contributed by atoms with Crippen LogP contribution in [0.25, 0.3) is 0 Å². The molecular formula is C18H21N2O3. The summed E-state index contributed by atoms with van der Waals surface area (Å²) in [5, 5.41) is 14.9. The summed E-state index contributed by atoms with van der Waals surface area (Å²) in [4.78, 5) is 4.03. The molecule has 5 heteroatoms. The fourth-order valence-corrected chi connectivity index (χ4v) is 2.95. The molecule has 2 unspecified atom stereocenters. The van der Waals surface area contributed by atoms with Gasteiger partial charge in [-0.05, 0) is 43.7 Å². The van der Waals surface area contributed by atoms with E-state index >= 15 is 0 Å². The van der Waals surface area contributed by atoms with Gasteiger partial charge in [0.1, 0.15) is 17.6 Å². The molecule has 0 saturated carbocycles. The monoisotopic (exact) mass is 313 g/mol. The lowest BCUT2D eigenvalue weighted by atomic mass is 9.88. The van der Waals surface area contributed by atoms with Crippen LogP contribution in [-0.2, 0) is 5.11 Å². The Bertz CT molecular complexity index is 648. The quantitative estimate of drug-likeness (QED) is 0.921. The molecule has 2 heterocycles. The molecule has 121 valence electrons. The van der Waals surface area contributed by atoms with Crippen LogP contribution in [-0.4, -0.2) is 30.8 Å². The van der Waals surface area contributed by atoms with Crippen molar-refractivity contribution in [2.24, 2.45) is 0 Å². The molecule has 1 fully saturated rings. The van der Waals surface area contributed by atoms with Gasteiger partial charge in [0, 0.05) is 24.7 Å². The molecule has 2 aromatic rings. The van der Waals surface area contributed by atoms with Crippen LogP contribution in [0.3, 0.4) is 0 Å². The van der Waals surface area contributed by atoms with Gasteiger partial charge < -0.3 is 14.8 Å². The van der Waals surface area contributed by atoms with E-state index in [1.807, 2.05) is 31.2 Å². The van der Waals surface area contributed by atoms with Crippen molar-refractivity contribution in [2.45, 2.75) is 25.4 Å². The van der Waals surface area contributed by atoms with Crippen LogP contribution >= 0.6 is 0 Å². The third kappa shape index (κ3) is 3.93. The van der Waals surface area contributed by atoms with Crippen LogP contribution in [0.15, 0.2) is 42.7 Å². The van der Waals surface area contributed by atoms with Crippen molar-refractivity contribution < 1.29 is 14.6 Å². The lowest BCUT2D eigenvalue weighted by Crippen LogP contribution is -2.42. The summed E-state index contributed by atoms with van der Waals surface area (Å²) in [5.41, 5.74) is 0.949. The SMILES string of the molecule is CCOc1cccc(OC2CNCCC2c2cncc([O])c2)c1. The maximum Gasteiger partial charge on any atom is 0.197 e. The van der Waals surface area contributed by atoms with Gasteiger partial charge in [0.25, 0.3) is 0 Å². The van der Waals surface area contributed by atoms with Crippen LogP contribution in [0, 0.1) is 0 Å². The summed E-state index contributed by atoms with van der Waals surface area (Å²) >= 11 is 0. The second kappa shape index (κ2) is 7.33. The molecule has 0 bridgehead atoms. The Morgan fingerprint density at radius 3 is 2.96 bits per heavy atom. The van der Waals surface area contributed by atoms with Crippen LogP contribution < -0.4 is 14.8 Å². The predicted octanol–water partition coefficient (Wildman–Crippen LogP) is 3.15. The minimum Gasteiger partial charge on any atom is -0.494 e. The molecular weight excluding hydrogens is 292 g/mol. The number of nitrogens with zero attached hydrogens (tertiary/aromatic N) is 1. The first-order chi connectivity index (χ1) is 11.3. The van der Waals surface area contributed by atoms with E-state index in [4.69, 9.17) is 9.47 Å². The summed E-state index contributed by atoms with van der Waals surface area (Å²) in [6.45, 7) is 4.23. The molecule has 5 nitrogen and oxygen atoms in total. The molecule has 1 radical (unpaired) electrons. The number of benzene rings is 1. The summed E-state index contributed by atoms with van der Waals surface area (Å²) in [5.74, 6) is 1.68. The van der Waals surface area contributed by atoms with Crippen LogP contribution in [0.1, 0.15) is 24.8 Å². The molecule has 0 aliphatic carbocycles. The fourth-order valence-electron chi connectivity index (χ4n) is 2.95. The Morgan fingerprint density at radius 2 is 2.13 bits per heavy atom. The second-order valence-corrected chi connectivity index (χ2v) is 5.62. The van der Waals surface area contributed by atoms with Gasteiger partial charge in [0.2, 0.25) is 0 Å². The van der Waals surface area contributed by atoms with Crippen molar-refractivity contribution in [3.05, 3.63) is 48.3 Å². The Hall–Kier alpha value is -2.27. The van der Waals surface area contributed by atoms with Crippen molar-refractivity contribution in [3.8, 4) is 17.2 Å². The average Bonchev–Trinajstić information content (AvgIpc) is 2.56. The zero-order chi connectivity index (χ0) is 16.1. The van der Waals surface area contributed by atoms with E-state index in [-0.39, 0.29) is 17.8 Å². The van der Waals surface area contributed by atoms with Crippen molar-refractivity contribution in [3.63, 3.8) is 0 Å². The van der Waals surface area contributed by atoms with Crippen molar-refractivity contribution in [2.75, 3.05) is 19.7 Å². The van der Waals surface area contributed by atoms with Gasteiger partial charge in [0.15, 0.2) is 5.75 Å². The van der Waals surface area contributed by atoms with Gasteiger partial charge in [-0.2, -0.15) is 0 Å². The highest BCUT2D eigenvalue weighted by Crippen LogP contribution is 2.31. The summed E-state index contributed by atoms with van der Waals surface area (Å²) in [6, 6.07) is 9.33. The van der Waals surface area contributed by atoms with Gasteiger partial charge in [0.05, 0.1) is 12.8 Å². The standard InChI is InChI=1S/C18H21N2O3/c1-2-22-15-4-3-5-16(9-15)23-18-12-19-7-6-17(18)13-8-14(21)11-20-10-13/h3-5,8-11,17-19H,2,6-7,12H2,1H3. The number of nitrogens with one attached hydrogen (secondary N) is 1. The number of hydrogen-bond acceptors (Lipinski definition) is 4. The van der Waals surface area contributed by atoms with Crippen LogP contribution in [0.5, 0.6) is 17.2 Å². The Kier molecular flexibility index (Phi) is 4.98.